The van der Waals surface area contributed by atoms with Crippen LogP contribution in [0.15, 0.2) is 58.5 Å². The van der Waals surface area contributed by atoms with Gasteiger partial charge >= 0.3 is 0 Å². The van der Waals surface area contributed by atoms with Crippen LogP contribution < -0.4 is 20.1 Å². The van der Waals surface area contributed by atoms with Gasteiger partial charge in [0.2, 0.25) is 5.95 Å². The van der Waals surface area contributed by atoms with Gasteiger partial charge in [-0.2, -0.15) is 10.1 Å². The quantitative estimate of drug-likeness (QED) is 0.288. The molecule has 1 aliphatic heterocycles. The van der Waals surface area contributed by atoms with E-state index in [1.807, 2.05) is 57.2 Å². The number of hydrogen-bond donors (Lipinski definition) is 2. The van der Waals surface area contributed by atoms with Crippen molar-refractivity contribution < 1.29 is 14.3 Å². The molecule has 1 amide bonds. The smallest absolute Gasteiger partial charge is 0.255 e. The minimum atomic E-state index is -0.516. The van der Waals surface area contributed by atoms with Crippen LogP contribution in [0, 0.1) is 6.92 Å². The predicted octanol–water partition coefficient (Wildman–Crippen LogP) is 6.24. The first-order chi connectivity index (χ1) is 17.4. The first-order valence-corrected chi connectivity index (χ1v) is 13.1. The topological polar surface area (TPSA) is 90.3 Å². The molecule has 36 heavy (non-hydrogen) atoms. The van der Waals surface area contributed by atoms with E-state index >= 15 is 0 Å². The third-order valence-corrected chi connectivity index (χ3v) is 6.55. The molecule has 9 heteroatoms. The summed E-state index contributed by atoms with van der Waals surface area (Å²) in [5, 5.41) is 10.7. The fourth-order valence-corrected chi connectivity index (χ4v) is 4.86. The number of allylic oxidation sites excluding steroid dienone is 1. The third kappa shape index (κ3) is 5.56. The Morgan fingerprint density at radius 1 is 1.17 bits per heavy atom. The maximum Gasteiger partial charge on any atom is 0.255 e. The van der Waals surface area contributed by atoms with Crippen molar-refractivity contribution in [3.05, 3.63) is 69.6 Å². The van der Waals surface area contributed by atoms with Crippen molar-refractivity contribution in [2.45, 2.75) is 53.0 Å². The molecule has 0 saturated heterocycles. The van der Waals surface area contributed by atoms with E-state index in [0.29, 0.717) is 41.9 Å². The molecule has 1 atom stereocenters. The Morgan fingerprint density at radius 3 is 2.75 bits per heavy atom. The molecule has 0 saturated carbocycles. The molecule has 2 aromatic carbocycles. The highest BCUT2D eigenvalue weighted by molar-refractivity contribution is 9.10. The summed E-state index contributed by atoms with van der Waals surface area (Å²) in [6, 6.07) is 11.1. The number of amides is 1. The lowest BCUT2D eigenvalue weighted by Crippen LogP contribution is -2.31. The van der Waals surface area contributed by atoms with Crippen molar-refractivity contribution in [3.8, 4) is 11.5 Å². The van der Waals surface area contributed by atoms with Crippen molar-refractivity contribution in [1.82, 2.24) is 14.8 Å². The standard InChI is InChI=1S/C27H32BrN5O3/c1-5-7-8-12-36-25-21(28)14-19(15-22(25)35-6-2)24-23(18(4)31-27-29-16-30-33(24)27)26(34)32-20-11-9-10-17(3)13-20/h9-11,13-16,24H,5-8,12H2,1-4H3,(H,32,34)(H,29,30,31). The second-order valence-corrected chi connectivity index (χ2v) is 9.59. The zero-order chi connectivity index (χ0) is 25.7. The number of aromatic nitrogens is 3. The number of unbranched alkanes of at least 4 members (excludes halogenated alkanes) is 2. The molecule has 0 spiro atoms. The molecular weight excluding hydrogens is 522 g/mol. The molecule has 0 bridgehead atoms. The minimum absolute atomic E-state index is 0.217. The summed E-state index contributed by atoms with van der Waals surface area (Å²) in [5.41, 5.74) is 3.87. The van der Waals surface area contributed by atoms with Crippen molar-refractivity contribution in [3.63, 3.8) is 0 Å². The van der Waals surface area contributed by atoms with Gasteiger partial charge in [-0.1, -0.05) is 31.9 Å². The van der Waals surface area contributed by atoms with E-state index in [9.17, 15) is 4.79 Å². The summed E-state index contributed by atoms with van der Waals surface area (Å²) < 4.78 is 14.5. The van der Waals surface area contributed by atoms with Gasteiger partial charge in [0.05, 0.1) is 23.3 Å². The van der Waals surface area contributed by atoms with Gasteiger partial charge in [0.1, 0.15) is 12.4 Å². The number of rotatable bonds is 10. The molecular formula is C27H32BrN5O3. The summed E-state index contributed by atoms with van der Waals surface area (Å²) >= 11 is 3.69. The average Bonchev–Trinajstić information content (AvgIpc) is 3.30. The summed E-state index contributed by atoms with van der Waals surface area (Å²) in [6.45, 7) is 9.06. The van der Waals surface area contributed by atoms with Gasteiger partial charge in [-0.25, -0.2) is 4.68 Å². The molecule has 0 fully saturated rings. The monoisotopic (exact) mass is 553 g/mol. The van der Waals surface area contributed by atoms with Crippen LogP contribution in [0.2, 0.25) is 0 Å². The Hall–Kier alpha value is -3.33. The lowest BCUT2D eigenvalue weighted by atomic mass is 9.94. The van der Waals surface area contributed by atoms with E-state index in [2.05, 4.69) is 43.6 Å². The van der Waals surface area contributed by atoms with Crippen LogP contribution in [0.4, 0.5) is 11.6 Å². The van der Waals surface area contributed by atoms with Crippen LogP contribution >= 0.6 is 15.9 Å². The number of ether oxygens (including phenoxy) is 2. The second-order valence-electron chi connectivity index (χ2n) is 8.74. The Bertz CT molecular complexity index is 1270. The molecule has 0 aliphatic carbocycles. The van der Waals surface area contributed by atoms with Crippen molar-refractivity contribution in [2.24, 2.45) is 0 Å². The molecule has 3 aromatic rings. The van der Waals surface area contributed by atoms with Crippen LogP contribution in [0.25, 0.3) is 0 Å². The van der Waals surface area contributed by atoms with Gasteiger partial charge in [-0.05, 0) is 78.5 Å². The summed E-state index contributed by atoms with van der Waals surface area (Å²) in [7, 11) is 0. The summed E-state index contributed by atoms with van der Waals surface area (Å²) in [4.78, 5) is 18.0. The molecule has 2 heterocycles. The molecule has 8 nitrogen and oxygen atoms in total. The normalized spacial score (nSPS) is 14.8. The van der Waals surface area contributed by atoms with Crippen LogP contribution in [0.5, 0.6) is 11.5 Å². The Kier molecular flexibility index (Phi) is 8.30. The fourth-order valence-electron chi connectivity index (χ4n) is 4.29. The number of fused-ring (bicyclic) bond motifs is 1. The highest BCUT2D eigenvalue weighted by Gasteiger charge is 2.34. The van der Waals surface area contributed by atoms with E-state index in [0.717, 1.165) is 40.5 Å². The minimum Gasteiger partial charge on any atom is -0.490 e. The van der Waals surface area contributed by atoms with E-state index in [-0.39, 0.29) is 5.91 Å². The Balaban J connectivity index is 1.74. The van der Waals surface area contributed by atoms with Gasteiger partial charge < -0.3 is 20.1 Å². The summed E-state index contributed by atoms with van der Waals surface area (Å²) in [6.07, 6.45) is 4.68. The van der Waals surface area contributed by atoms with E-state index in [4.69, 9.17) is 9.47 Å². The first-order valence-electron chi connectivity index (χ1n) is 12.3. The highest BCUT2D eigenvalue weighted by Crippen LogP contribution is 2.43. The van der Waals surface area contributed by atoms with Crippen molar-refractivity contribution >= 4 is 33.5 Å². The Morgan fingerprint density at radius 2 is 2.00 bits per heavy atom. The van der Waals surface area contributed by atoms with Crippen LogP contribution in [0.3, 0.4) is 0 Å². The van der Waals surface area contributed by atoms with Crippen LogP contribution in [-0.4, -0.2) is 33.9 Å². The number of benzene rings is 2. The van der Waals surface area contributed by atoms with Gasteiger partial charge in [0, 0.05) is 11.4 Å². The maximum atomic E-state index is 13.6. The first kappa shape index (κ1) is 25.8. The van der Waals surface area contributed by atoms with E-state index < -0.39 is 6.04 Å². The average molecular weight is 554 g/mol. The number of nitrogens with zero attached hydrogens (tertiary/aromatic N) is 3. The van der Waals surface area contributed by atoms with E-state index in [1.165, 1.54) is 6.33 Å². The number of hydrogen-bond acceptors (Lipinski definition) is 6. The molecule has 1 aliphatic rings. The van der Waals surface area contributed by atoms with Gasteiger partial charge in [-0.15, -0.1) is 0 Å². The molecule has 4 rings (SSSR count). The number of carbonyl (C=O) groups is 1. The maximum absolute atomic E-state index is 13.6. The SMILES string of the molecule is CCCCCOc1c(Br)cc(C2C(C(=O)Nc3cccc(C)c3)=C(C)Nc3ncnn32)cc1OCC. The zero-order valence-electron chi connectivity index (χ0n) is 21.1. The Labute approximate surface area is 220 Å². The molecule has 190 valence electrons. The number of carbonyl (C=O) groups excluding carboxylic acids is 1. The van der Waals surface area contributed by atoms with Crippen LogP contribution in [0.1, 0.15) is 57.2 Å². The number of nitrogens with one attached hydrogen (secondary N) is 2. The zero-order valence-corrected chi connectivity index (χ0v) is 22.7. The highest BCUT2D eigenvalue weighted by atomic mass is 79.9. The van der Waals surface area contributed by atoms with Crippen molar-refractivity contribution in [2.75, 3.05) is 23.8 Å². The molecule has 1 aromatic heterocycles. The van der Waals surface area contributed by atoms with Crippen LogP contribution in [-0.2, 0) is 4.79 Å². The second kappa shape index (κ2) is 11.6. The van der Waals surface area contributed by atoms with Crippen molar-refractivity contribution in [1.29, 1.82) is 0 Å². The fraction of sp³-hybridized carbons (Fsp3) is 0.370. The number of halogens is 1. The molecule has 2 N–H and O–H groups in total. The largest absolute Gasteiger partial charge is 0.490 e. The molecule has 0 radical (unpaired) electrons. The lowest BCUT2D eigenvalue weighted by molar-refractivity contribution is -0.113. The third-order valence-electron chi connectivity index (χ3n) is 5.96. The predicted molar refractivity (Wildman–Crippen MR) is 145 cm³/mol. The van der Waals surface area contributed by atoms with Gasteiger partial charge in [0.25, 0.3) is 5.91 Å². The summed E-state index contributed by atoms with van der Waals surface area (Å²) in [5.74, 6) is 1.63. The van der Waals surface area contributed by atoms with Gasteiger partial charge in [-0.3, -0.25) is 4.79 Å². The number of aryl methyl sites for hydroxylation is 1. The number of anilines is 2. The lowest BCUT2D eigenvalue weighted by Gasteiger charge is -2.29. The van der Waals surface area contributed by atoms with Gasteiger partial charge in [0.15, 0.2) is 11.5 Å². The van der Waals surface area contributed by atoms with E-state index in [1.54, 1.807) is 4.68 Å². The molecule has 1 unspecified atom stereocenters.